The van der Waals surface area contributed by atoms with Crippen LogP contribution in [0.25, 0.3) is 0 Å². The first-order chi connectivity index (χ1) is 7.76. The Balaban J connectivity index is 3.09. The van der Waals surface area contributed by atoms with Gasteiger partial charge in [0.15, 0.2) is 17.5 Å². The van der Waals surface area contributed by atoms with E-state index in [-0.39, 0.29) is 0 Å². The molecular formula is C9H8F6N2. The van der Waals surface area contributed by atoms with Gasteiger partial charge in [-0.05, 0) is 6.07 Å². The molecule has 0 aliphatic heterocycles. The molecule has 0 fully saturated rings. The summed E-state index contributed by atoms with van der Waals surface area (Å²) >= 11 is 0. The van der Waals surface area contributed by atoms with Crippen LogP contribution in [-0.2, 0) is 0 Å². The number of hydrogen-bond acceptors (Lipinski definition) is 2. The maximum atomic E-state index is 13.2. The van der Waals surface area contributed by atoms with Crippen LogP contribution in [0.4, 0.5) is 26.3 Å². The summed E-state index contributed by atoms with van der Waals surface area (Å²) in [4.78, 5) is 0. The van der Waals surface area contributed by atoms with E-state index in [1.54, 1.807) is 5.43 Å². The molecule has 96 valence electrons. The van der Waals surface area contributed by atoms with Crippen LogP contribution in [0, 0.1) is 17.5 Å². The van der Waals surface area contributed by atoms with Gasteiger partial charge in [0.1, 0.15) is 0 Å². The standard InChI is InChI=1S/C9H8F6N2/c10-5-2-1-4(7(11)8(5)12)6(17-16)3-9(13,14)15/h1-2,6,17H,3,16H2. The molecule has 1 atom stereocenters. The zero-order valence-electron chi connectivity index (χ0n) is 8.28. The average Bonchev–Trinajstić information content (AvgIpc) is 2.22. The van der Waals surface area contributed by atoms with Crippen molar-refractivity contribution < 1.29 is 26.3 Å². The third kappa shape index (κ3) is 3.34. The molecule has 0 aliphatic rings. The van der Waals surface area contributed by atoms with Gasteiger partial charge in [-0.15, -0.1) is 0 Å². The van der Waals surface area contributed by atoms with Crippen molar-refractivity contribution in [2.75, 3.05) is 0 Å². The lowest BCUT2D eigenvalue weighted by molar-refractivity contribution is -0.140. The highest BCUT2D eigenvalue weighted by Gasteiger charge is 2.34. The van der Waals surface area contributed by atoms with Crippen molar-refractivity contribution in [2.24, 2.45) is 5.84 Å². The second-order valence-corrected chi connectivity index (χ2v) is 3.30. The fourth-order valence-electron chi connectivity index (χ4n) is 1.30. The zero-order chi connectivity index (χ0) is 13.2. The molecule has 1 rings (SSSR count). The van der Waals surface area contributed by atoms with E-state index in [1.807, 2.05) is 0 Å². The highest BCUT2D eigenvalue weighted by Crippen LogP contribution is 2.31. The van der Waals surface area contributed by atoms with Gasteiger partial charge in [0.2, 0.25) is 0 Å². The molecular weight excluding hydrogens is 250 g/mol. The summed E-state index contributed by atoms with van der Waals surface area (Å²) < 4.78 is 74.9. The molecule has 2 nitrogen and oxygen atoms in total. The summed E-state index contributed by atoms with van der Waals surface area (Å²) in [6, 6.07) is -0.427. The van der Waals surface area contributed by atoms with Crippen LogP contribution in [0.3, 0.4) is 0 Å². The largest absolute Gasteiger partial charge is 0.390 e. The van der Waals surface area contributed by atoms with Crippen molar-refractivity contribution in [3.8, 4) is 0 Å². The summed E-state index contributed by atoms with van der Waals surface area (Å²) in [5.74, 6) is -0.154. The lowest BCUT2D eigenvalue weighted by Gasteiger charge is -2.18. The van der Waals surface area contributed by atoms with Crippen molar-refractivity contribution in [1.82, 2.24) is 5.43 Å². The summed E-state index contributed by atoms with van der Waals surface area (Å²) in [7, 11) is 0. The van der Waals surface area contributed by atoms with E-state index < -0.39 is 41.7 Å². The van der Waals surface area contributed by atoms with Crippen LogP contribution in [-0.4, -0.2) is 6.18 Å². The van der Waals surface area contributed by atoms with E-state index in [1.165, 1.54) is 0 Å². The quantitative estimate of drug-likeness (QED) is 0.378. The predicted octanol–water partition coefficient (Wildman–Crippen LogP) is 2.56. The normalized spacial score (nSPS) is 13.8. The molecule has 17 heavy (non-hydrogen) atoms. The summed E-state index contributed by atoms with van der Waals surface area (Å²) in [5, 5.41) is 0. The highest BCUT2D eigenvalue weighted by molar-refractivity contribution is 5.23. The van der Waals surface area contributed by atoms with Gasteiger partial charge in [-0.3, -0.25) is 11.3 Å². The monoisotopic (exact) mass is 258 g/mol. The Kier molecular flexibility index (Phi) is 3.99. The first kappa shape index (κ1) is 13.8. The Morgan fingerprint density at radius 2 is 1.71 bits per heavy atom. The van der Waals surface area contributed by atoms with Gasteiger partial charge in [0.25, 0.3) is 0 Å². The lowest BCUT2D eigenvalue weighted by Crippen LogP contribution is -2.32. The molecule has 0 heterocycles. The number of halogens is 6. The average molecular weight is 258 g/mol. The minimum Gasteiger partial charge on any atom is -0.271 e. The summed E-state index contributed by atoms with van der Waals surface area (Å²) in [6.07, 6.45) is -6.11. The van der Waals surface area contributed by atoms with Gasteiger partial charge in [-0.1, -0.05) is 6.07 Å². The van der Waals surface area contributed by atoms with E-state index in [9.17, 15) is 26.3 Å². The van der Waals surface area contributed by atoms with Gasteiger partial charge in [-0.25, -0.2) is 13.2 Å². The second kappa shape index (κ2) is 4.92. The first-order valence-electron chi connectivity index (χ1n) is 4.42. The maximum Gasteiger partial charge on any atom is 0.390 e. The number of nitrogens with one attached hydrogen (secondary N) is 1. The van der Waals surface area contributed by atoms with Crippen LogP contribution in [0.5, 0.6) is 0 Å². The molecule has 0 spiro atoms. The van der Waals surface area contributed by atoms with E-state index in [0.717, 1.165) is 0 Å². The molecule has 8 heteroatoms. The number of rotatable bonds is 3. The molecule has 3 N–H and O–H groups in total. The smallest absolute Gasteiger partial charge is 0.271 e. The number of hydrogen-bond donors (Lipinski definition) is 2. The van der Waals surface area contributed by atoms with E-state index >= 15 is 0 Å². The molecule has 1 aromatic carbocycles. The highest BCUT2D eigenvalue weighted by atomic mass is 19.4. The SMILES string of the molecule is NNC(CC(F)(F)F)c1ccc(F)c(F)c1F. The Morgan fingerprint density at radius 1 is 1.12 bits per heavy atom. The fraction of sp³-hybridized carbons (Fsp3) is 0.333. The minimum atomic E-state index is -4.62. The number of alkyl halides is 3. The predicted molar refractivity (Wildman–Crippen MR) is 47.1 cm³/mol. The number of nitrogens with two attached hydrogens (primary N) is 1. The number of benzene rings is 1. The topological polar surface area (TPSA) is 38.0 Å². The minimum absolute atomic E-state index is 0.536. The number of hydrazine groups is 1. The first-order valence-corrected chi connectivity index (χ1v) is 4.42. The lowest BCUT2D eigenvalue weighted by atomic mass is 10.0. The molecule has 0 bridgehead atoms. The van der Waals surface area contributed by atoms with Crippen molar-refractivity contribution in [1.29, 1.82) is 0 Å². The van der Waals surface area contributed by atoms with Gasteiger partial charge in [0.05, 0.1) is 12.5 Å². The fourth-order valence-corrected chi connectivity index (χ4v) is 1.30. The van der Waals surface area contributed by atoms with Crippen molar-refractivity contribution >= 4 is 0 Å². The molecule has 1 unspecified atom stereocenters. The van der Waals surface area contributed by atoms with Crippen molar-refractivity contribution in [3.63, 3.8) is 0 Å². The van der Waals surface area contributed by atoms with Crippen molar-refractivity contribution in [2.45, 2.75) is 18.6 Å². The molecule has 0 aromatic heterocycles. The van der Waals surface area contributed by atoms with Gasteiger partial charge in [0, 0.05) is 5.56 Å². The zero-order valence-corrected chi connectivity index (χ0v) is 8.28. The Bertz CT molecular complexity index is 403. The van der Waals surface area contributed by atoms with E-state index in [4.69, 9.17) is 5.84 Å². The molecule has 1 aromatic rings. The van der Waals surface area contributed by atoms with Crippen LogP contribution >= 0.6 is 0 Å². The van der Waals surface area contributed by atoms with E-state index in [0.29, 0.717) is 12.1 Å². The molecule has 0 amide bonds. The summed E-state index contributed by atoms with van der Waals surface area (Å²) in [5.41, 5.74) is 1.04. The van der Waals surface area contributed by atoms with Crippen LogP contribution in [0.15, 0.2) is 12.1 Å². The van der Waals surface area contributed by atoms with E-state index in [2.05, 4.69) is 0 Å². The molecule has 0 aliphatic carbocycles. The summed E-state index contributed by atoms with van der Waals surface area (Å²) in [6.45, 7) is 0. The van der Waals surface area contributed by atoms with Gasteiger partial charge >= 0.3 is 6.18 Å². The van der Waals surface area contributed by atoms with Crippen LogP contribution < -0.4 is 11.3 Å². The van der Waals surface area contributed by atoms with Crippen LogP contribution in [0.1, 0.15) is 18.0 Å². The van der Waals surface area contributed by atoms with Gasteiger partial charge in [-0.2, -0.15) is 13.2 Å². The molecule has 0 saturated carbocycles. The molecule has 0 radical (unpaired) electrons. The Morgan fingerprint density at radius 3 is 2.18 bits per heavy atom. The third-order valence-corrected chi connectivity index (χ3v) is 2.08. The van der Waals surface area contributed by atoms with Crippen LogP contribution in [0.2, 0.25) is 0 Å². The molecule has 0 saturated heterocycles. The van der Waals surface area contributed by atoms with Crippen molar-refractivity contribution in [3.05, 3.63) is 35.1 Å². The Labute approximate surface area is 92.4 Å². The Hall–Kier alpha value is -1.28. The van der Waals surface area contributed by atoms with Gasteiger partial charge < -0.3 is 0 Å². The third-order valence-electron chi connectivity index (χ3n) is 2.08. The maximum absolute atomic E-state index is 13.2. The second-order valence-electron chi connectivity index (χ2n) is 3.30.